The summed E-state index contributed by atoms with van der Waals surface area (Å²) in [7, 11) is 0. The van der Waals surface area contributed by atoms with Crippen LogP contribution in [0.5, 0.6) is 0 Å². The zero-order valence-corrected chi connectivity index (χ0v) is 12.5. The van der Waals surface area contributed by atoms with Gasteiger partial charge in [-0.15, -0.1) is 0 Å². The molecule has 0 aliphatic rings. The zero-order chi connectivity index (χ0) is 15.2. The van der Waals surface area contributed by atoms with Crippen molar-refractivity contribution in [2.75, 3.05) is 0 Å². The van der Waals surface area contributed by atoms with E-state index in [4.69, 9.17) is 4.74 Å². The lowest BCUT2D eigenvalue weighted by molar-refractivity contribution is -0.144. The smallest absolute Gasteiger partial charge is 0.303 e. The number of hydrogen-bond donors (Lipinski definition) is 1. The highest BCUT2D eigenvalue weighted by molar-refractivity contribution is 5.66. The van der Waals surface area contributed by atoms with Gasteiger partial charge >= 0.3 is 5.97 Å². The first-order valence-electron chi connectivity index (χ1n) is 6.96. The molecular formula is C17H24O3. The molecule has 20 heavy (non-hydrogen) atoms. The van der Waals surface area contributed by atoms with Gasteiger partial charge in [0.05, 0.1) is 6.10 Å². The lowest BCUT2D eigenvalue weighted by atomic mass is 10.2. The van der Waals surface area contributed by atoms with E-state index in [0.717, 1.165) is 19.3 Å². The SMILES string of the molecule is CCC[C@@H](O)/C=C/C=C/C#C/C=C/[C@H](CC)OC(C)=O. The second kappa shape index (κ2) is 12.3. The summed E-state index contributed by atoms with van der Waals surface area (Å²) in [4.78, 5) is 10.8. The van der Waals surface area contributed by atoms with E-state index in [-0.39, 0.29) is 18.2 Å². The predicted octanol–water partition coefficient (Wildman–Crippen LogP) is 3.16. The van der Waals surface area contributed by atoms with Crippen LogP contribution in [0.2, 0.25) is 0 Å². The Morgan fingerprint density at radius 1 is 1.20 bits per heavy atom. The van der Waals surface area contributed by atoms with Crippen molar-refractivity contribution in [3.63, 3.8) is 0 Å². The minimum Gasteiger partial charge on any atom is -0.458 e. The van der Waals surface area contributed by atoms with Crippen molar-refractivity contribution in [1.29, 1.82) is 0 Å². The lowest BCUT2D eigenvalue weighted by Gasteiger charge is -2.08. The summed E-state index contributed by atoms with van der Waals surface area (Å²) in [6.45, 7) is 5.37. The minimum atomic E-state index is -0.383. The first kappa shape index (κ1) is 18.2. The average Bonchev–Trinajstić information content (AvgIpc) is 2.40. The molecule has 0 aromatic rings. The predicted molar refractivity (Wildman–Crippen MR) is 82.0 cm³/mol. The van der Waals surface area contributed by atoms with Crippen molar-refractivity contribution in [2.45, 2.75) is 52.2 Å². The quantitative estimate of drug-likeness (QED) is 0.441. The maximum atomic E-state index is 10.8. The van der Waals surface area contributed by atoms with Crippen LogP contribution in [0.3, 0.4) is 0 Å². The molecular weight excluding hydrogens is 252 g/mol. The van der Waals surface area contributed by atoms with Gasteiger partial charge in [0.25, 0.3) is 0 Å². The molecule has 0 saturated heterocycles. The van der Waals surface area contributed by atoms with Gasteiger partial charge in [-0.25, -0.2) is 0 Å². The van der Waals surface area contributed by atoms with Crippen molar-refractivity contribution in [2.24, 2.45) is 0 Å². The molecule has 0 unspecified atom stereocenters. The fourth-order valence-electron chi connectivity index (χ4n) is 1.41. The van der Waals surface area contributed by atoms with Crippen LogP contribution in [-0.2, 0) is 9.53 Å². The van der Waals surface area contributed by atoms with Crippen molar-refractivity contribution in [3.8, 4) is 11.8 Å². The Balaban J connectivity index is 4.11. The van der Waals surface area contributed by atoms with E-state index in [1.807, 2.05) is 13.8 Å². The third-order valence-corrected chi connectivity index (χ3v) is 2.41. The minimum absolute atomic E-state index is 0.213. The molecule has 0 aliphatic carbocycles. The molecule has 0 heterocycles. The van der Waals surface area contributed by atoms with Gasteiger partial charge in [-0.3, -0.25) is 4.79 Å². The van der Waals surface area contributed by atoms with Crippen molar-refractivity contribution < 1.29 is 14.6 Å². The molecule has 3 nitrogen and oxygen atoms in total. The van der Waals surface area contributed by atoms with E-state index in [2.05, 4.69) is 11.8 Å². The molecule has 0 aromatic carbocycles. The summed E-state index contributed by atoms with van der Waals surface area (Å²) < 4.78 is 5.04. The summed E-state index contributed by atoms with van der Waals surface area (Å²) >= 11 is 0. The normalized spacial score (nSPS) is 14.4. The van der Waals surface area contributed by atoms with E-state index >= 15 is 0 Å². The van der Waals surface area contributed by atoms with Gasteiger partial charge < -0.3 is 9.84 Å². The van der Waals surface area contributed by atoms with Gasteiger partial charge in [-0.2, -0.15) is 0 Å². The van der Waals surface area contributed by atoms with E-state index < -0.39 is 0 Å². The third-order valence-electron chi connectivity index (χ3n) is 2.41. The Bertz CT molecular complexity index is 408. The average molecular weight is 276 g/mol. The van der Waals surface area contributed by atoms with Crippen LogP contribution >= 0.6 is 0 Å². The summed E-state index contributed by atoms with van der Waals surface area (Å²) in [6, 6.07) is 0. The monoisotopic (exact) mass is 276 g/mol. The summed E-state index contributed by atoms with van der Waals surface area (Å²) in [5, 5.41) is 9.44. The van der Waals surface area contributed by atoms with Gasteiger partial charge in [0.15, 0.2) is 0 Å². The Morgan fingerprint density at radius 3 is 2.50 bits per heavy atom. The maximum Gasteiger partial charge on any atom is 0.303 e. The van der Waals surface area contributed by atoms with Crippen LogP contribution in [0.1, 0.15) is 40.0 Å². The van der Waals surface area contributed by atoms with Crippen LogP contribution in [0.15, 0.2) is 36.5 Å². The molecule has 1 N–H and O–H groups in total. The second-order valence-corrected chi connectivity index (χ2v) is 4.30. The standard InChI is InChI=1S/C17H24O3/c1-4-12-16(19)13-10-8-6-7-9-11-14-17(5-2)20-15(3)18/h6,8,10-11,13-14,16-17,19H,4-5,12H2,1-3H3/b8-6+,13-10+,14-11+/t16-,17+/m1/s1. The fourth-order valence-corrected chi connectivity index (χ4v) is 1.41. The van der Waals surface area contributed by atoms with Crippen LogP contribution in [0.4, 0.5) is 0 Å². The number of ether oxygens (including phenoxy) is 1. The molecule has 0 aliphatic heterocycles. The molecule has 0 aromatic heterocycles. The number of esters is 1. The fraction of sp³-hybridized carbons (Fsp3) is 0.471. The van der Waals surface area contributed by atoms with Gasteiger partial charge in [0.2, 0.25) is 0 Å². The van der Waals surface area contributed by atoms with Crippen molar-refractivity contribution in [3.05, 3.63) is 36.5 Å². The van der Waals surface area contributed by atoms with Gasteiger partial charge in [0.1, 0.15) is 6.10 Å². The summed E-state index contributed by atoms with van der Waals surface area (Å²) in [5.41, 5.74) is 0. The van der Waals surface area contributed by atoms with Gasteiger partial charge in [-0.05, 0) is 31.1 Å². The van der Waals surface area contributed by atoms with Crippen LogP contribution < -0.4 is 0 Å². The molecule has 0 radical (unpaired) electrons. The van der Waals surface area contributed by atoms with E-state index in [1.54, 1.807) is 36.5 Å². The molecule has 0 amide bonds. The molecule has 0 bridgehead atoms. The van der Waals surface area contributed by atoms with Gasteiger partial charge in [-0.1, -0.05) is 50.3 Å². The van der Waals surface area contributed by atoms with E-state index in [1.165, 1.54) is 6.92 Å². The highest BCUT2D eigenvalue weighted by Gasteiger charge is 2.03. The van der Waals surface area contributed by atoms with E-state index in [9.17, 15) is 9.90 Å². The number of allylic oxidation sites excluding steroid dienone is 4. The van der Waals surface area contributed by atoms with Gasteiger partial charge in [0, 0.05) is 6.92 Å². The maximum absolute atomic E-state index is 10.8. The topological polar surface area (TPSA) is 46.5 Å². The number of carbonyl (C=O) groups excluding carboxylic acids is 1. The highest BCUT2D eigenvalue weighted by Crippen LogP contribution is 2.00. The lowest BCUT2D eigenvalue weighted by Crippen LogP contribution is -2.11. The number of aliphatic hydroxyl groups excluding tert-OH is 1. The Kier molecular flexibility index (Phi) is 11.2. The Morgan fingerprint density at radius 2 is 1.90 bits per heavy atom. The Hall–Kier alpha value is -1.79. The molecule has 110 valence electrons. The second-order valence-electron chi connectivity index (χ2n) is 4.30. The number of rotatable bonds is 7. The Labute approximate surface area is 122 Å². The largest absolute Gasteiger partial charge is 0.458 e. The van der Waals surface area contributed by atoms with E-state index in [0.29, 0.717) is 0 Å². The molecule has 0 spiro atoms. The van der Waals surface area contributed by atoms with Crippen LogP contribution in [-0.4, -0.2) is 23.3 Å². The number of aliphatic hydroxyl groups is 1. The first-order chi connectivity index (χ1) is 9.60. The van der Waals surface area contributed by atoms with Crippen molar-refractivity contribution >= 4 is 5.97 Å². The molecule has 0 saturated carbocycles. The first-order valence-corrected chi connectivity index (χ1v) is 6.96. The molecule has 2 atom stereocenters. The number of carbonyl (C=O) groups is 1. The summed E-state index contributed by atoms with van der Waals surface area (Å²) in [6.07, 6.45) is 12.3. The molecule has 3 heteroatoms. The van der Waals surface area contributed by atoms with Crippen LogP contribution in [0.25, 0.3) is 0 Å². The highest BCUT2D eigenvalue weighted by atomic mass is 16.5. The molecule has 0 rings (SSSR count). The van der Waals surface area contributed by atoms with Crippen LogP contribution in [0, 0.1) is 11.8 Å². The summed E-state index contributed by atoms with van der Waals surface area (Å²) in [5.74, 6) is 5.38. The number of hydrogen-bond acceptors (Lipinski definition) is 3. The zero-order valence-electron chi connectivity index (χ0n) is 12.5. The molecule has 0 fully saturated rings. The van der Waals surface area contributed by atoms with Crippen molar-refractivity contribution in [1.82, 2.24) is 0 Å². The third kappa shape index (κ3) is 11.3.